The van der Waals surface area contributed by atoms with Crippen molar-refractivity contribution in [2.24, 2.45) is 0 Å². The molecule has 1 fully saturated rings. The van der Waals surface area contributed by atoms with E-state index in [2.05, 4.69) is 5.32 Å². The minimum Gasteiger partial charge on any atom is -0.490 e. The maximum atomic E-state index is 12.4. The predicted octanol–water partition coefficient (Wildman–Crippen LogP) is 3.25. The van der Waals surface area contributed by atoms with Crippen LogP contribution in [0.25, 0.3) is 0 Å². The molecule has 1 saturated heterocycles. The maximum Gasteiger partial charge on any atom is 0.257 e. The van der Waals surface area contributed by atoms with Crippen molar-refractivity contribution in [1.29, 1.82) is 0 Å². The first-order valence-corrected chi connectivity index (χ1v) is 9.14. The molecule has 0 atom stereocenters. The van der Waals surface area contributed by atoms with Gasteiger partial charge in [0.2, 0.25) is 0 Å². The van der Waals surface area contributed by atoms with E-state index in [0.29, 0.717) is 29.6 Å². The van der Waals surface area contributed by atoms with Crippen LogP contribution in [0.15, 0.2) is 54.6 Å². The highest BCUT2D eigenvalue weighted by Gasteiger charge is 2.17. The van der Waals surface area contributed by atoms with E-state index in [-0.39, 0.29) is 5.91 Å². The molecule has 1 heterocycles. The molecule has 0 aliphatic carbocycles. The molecule has 6 heteroatoms. The van der Waals surface area contributed by atoms with Crippen LogP contribution in [0.3, 0.4) is 0 Å². The molecular formula is C20H22N2O3S. The summed E-state index contributed by atoms with van der Waals surface area (Å²) in [7, 11) is 0. The van der Waals surface area contributed by atoms with E-state index in [1.807, 2.05) is 41.3 Å². The van der Waals surface area contributed by atoms with Gasteiger partial charge in [-0.25, -0.2) is 0 Å². The quantitative estimate of drug-likeness (QED) is 0.625. The molecular weight excluding hydrogens is 348 g/mol. The lowest BCUT2D eigenvalue weighted by Gasteiger charge is -2.18. The molecule has 0 spiro atoms. The van der Waals surface area contributed by atoms with E-state index >= 15 is 0 Å². The second kappa shape index (κ2) is 9.20. The smallest absolute Gasteiger partial charge is 0.257 e. The van der Waals surface area contributed by atoms with Crippen LogP contribution in [0.2, 0.25) is 0 Å². The first-order valence-electron chi connectivity index (χ1n) is 8.73. The Labute approximate surface area is 158 Å². The lowest BCUT2D eigenvalue weighted by atomic mass is 10.2. The number of rotatable bonds is 6. The van der Waals surface area contributed by atoms with E-state index in [4.69, 9.17) is 21.7 Å². The summed E-state index contributed by atoms with van der Waals surface area (Å²) in [4.78, 5) is 14.4. The Morgan fingerprint density at radius 1 is 0.962 bits per heavy atom. The standard InChI is InChI=1S/C20H22N2O3S/c23-19(21-20(26)22-11-4-5-12-22)16-7-6-10-18(15-16)25-14-13-24-17-8-2-1-3-9-17/h1-3,6-10,15H,4-5,11-14H2,(H,21,23,26). The van der Waals surface area contributed by atoms with Crippen molar-refractivity contribution in [3.05, 3.63) is 60.2 Å². The number of hydrogen-bond acceptors (Lipinski definition) is 4. The van der Waals surface area contributed by atoms with Gasteiger partial charge in [-0.05, 0) is 55.4 Å². The summed E-state index contributed by atoms with van der Waals surface area (Å²) in [6.07, 6.45) is 2.23. The average Bonchev–Trinajstić information content (AvgIpc) is 3.21. The van der Waals surface area contributed by atoms with Crippen molar-refractivity contribution in [2.45, 2.75) is 12.8 Å². The van der Waals surface area contributed by atoms with Gasteiger partial charge in [0.05, 0.1) is 0 Å². The summed E-state index contributed by atoms with van der Waals surface area (Å²) in [6, 6.07) is 16.6. The van der Waals surface area contributed by atoms with E-state index in [1.165, 1.54) is 0 Å². The van der Waals surface area contributed by atoms with Crippen molar-refractivity contribution < 1.29 is 14.3 Å². The number of hydrogen-bond donors (Lipinski definition) is 1. The summed E-state index contributed by atoms with van der Waals surface area (Å²) in [5, 5.41) is 3.29. The average molecular weight is 370 g/mol. The molecule has 1 N–H and O–H groups in total. The third kappa shape index (κ3) is 5.20. The Morgan fingerprint density at radius 3 is 2.35 bits per heavy atom. The second-order valence-electron chi connectivity index (χ2n) is 5.99. The number of para-hydroxylation sites is 1. The molecule has 2 aromatic rings. The first kappa shape index (κ1) is 18.2. The molecule has 26 heavy (non-hydrogen) atoms. The zero-order valence-electron chi connectivity index (χ0n) is 14.5. The Morgan fingerprint density at radius 2 is 1.62 bits per heavy atom. The SMILES string of the molecule is O=C(NC(=S)N1CCCC1)c1cccc(OCCOc2ccccc2)c1. The van der Waals surface area contributed by atoms with Crippen molar-refractivity contribution >= 4 is 23.2 Å². The molecule has 1 aliphatic rings. The van der Waals surface area contributed by atoms with Gasteiger partial charge in [-0.1, -0.05) is 24.3 Å². The topological polar surface area (TPSA) is 50.8 Å². The minimum absolute atomic E-state index is 0.215. The Kier molecular flexibility index (Phi) is 6.44. The predicted molar refractivity (Wildman–Crippen MR) is 105 cm³/mol. The number of likely N-dealkylation sites (tertiary alicyclic amines) is 1. The Hall–Kier alpha value is -2.60. The monoisotopic (exact) mass is 370 g/mol. The van der Waals surface area contributed by atoms with E-state index in [0.717, 1.165) is 31.7 Å². The van der Waals surface area contributed by atoms with Crippen LogP contribution in [0.4, 0.5) is 0 Å². The van der Waals surface area contributed by atoms with Crippen LogP contribution < -0.4 is 14.8 Å². The van der Waals surface area contributed by atoms with Crippen LogP contribution in [-0.4, -0.2) is 42.2 Å². The molecule has 5 nitrogen and oxygen atoms in total. The van der Waals surface area contributed by atoms with Crippen LogP contribution in [0.5, 0.6) is 11.5 Å². The van der Waals surface area contributed by atoms with E-state index in [1.54, 1.807) is 18.2 Å². The van der Waals surface area contributed by atoms with Crippen molar-refractivity contribution in [1.82, 2.24) is 10.2 Å². The fraction of sp³-hybridized carbons (Fsp3) is 0.300. The van der Waals surface area contributed by atoms with Gasteiger partial charge in [-0.2, -0.15) is 0 Å². The van der Waals surface area contributed by atoms with Crippen molar-refractivity contribution in [3.63, 3.8) is 0 Å². The van der Waals surface area contributed by atoms with Crippen LogP contribution in [0.1, 0.15) is 23.2 Å². The van der Waals surface area contributed by atoms with Crippen molar-refractivity contribution in [2.75, 3.05) is 26.3 Å². The fourth-order valence-electron chi connectivity index (χ4n) is 2.73. The number of nitrogens with zero attached hydrogens (tertiary/aromatic N) is 1. The van der Waals surface area contributed by atoms with Gasteiger partial charge in [-0.3, -0.25) is 10.1 Å². The van der Waals surface area contributed by atoms with Gasteiger partial charge < -0.3 is 14.4 Å². The van der Waals surface area contributed by atoms with Crippen LogP contribution in [-0.2, 0) is 0 Å². The number of ether oxygens (including phenoxy) is 2. The molecule has 3 rings (SSSR count). The number of nitrogens with one attached hydrogen (secondary N) is 1. The third-order valence-corrected chi connectivity index (χ3v) is 4.43. The molecule has 0 aromatic heterocycles. The largest absolute Gasteiger partial charge is 0.490 e. The lowest BCUT2D eigenvalue weighted by Crippen LogP contribution is -2.41. The van der Waals surface area contributed by atoms with Gasteiger partial charge in [0.15, 0.2) is 5.11 Å². The normalized spacial score (nSPS) is 13.3. The Balaban J connectivity index is 1.47. The first-order chi connectivity index (χ1) is 12.7. The number of benzene rings is 2. The van der Waals surface area contributed by atoms with Gasteiger partial charge >= 0.3 is 0 Å². The summed E-state index contributed by atoms with van der Waals surface area (Å²) in [5.74, 6) is 1.22. The number of thiocarbonyl (C=S) groups is 1. The van der Waals surface area contributed by atoms with Gasteiger partial charge in [0, 0.05) is 18.7 Å². The summed E-state index contributed by atoms with van der Waals surface area (Å²) in [5.41, 5.74) is 0.521. The molecule has 1 amide bonds. The maximum absolute atomic E-state index is 12.4. The lowest BCUT2D eigenvalue weighted by molar-refractivity contribution is 0.0973. The zero-order valence-corrected chi connectivity index (χ0v) is 15.3. The number of amides is 1. The van der Waals surface area contributed by atoms with E-state index in [9.17, 15) is 4.79 Å². The van der Waals surface area contributed by atoms with Crippen LogP contribution in [0, 0.1) is 0 Å². The summed E-state index contributed by atoms with van der Waals surface area (Å²) in [6.45, 7) is 2.64. The zero-order chi connectivity index (χ0) is 18.2. The molecule has 0 unspecified atom stereocenters. The molecule has 0 radical (unpaired) electrons. The van der Waals surface area contributed by atoms with Gasteiger partial charge in [0.1, 0.15) is 24.7 Å². The second-order valence-corrected chi connectivity index (χ2v) is 6.38. The third-order valence-electron chi connectivity index (χ3n) is 4.07. The molecule has 0 bridgehead atoms. The number of carbonyl (C=O) groups excluding carboxylic acids is 1. The highest BCUT2D eigenvalue weighted by Crippen LogP contribution is 2.14. The highest BCUT2D eigenvalue weighted by molar-refractivity contribution is 7.80. The Bertz CT molecular complexity index is 746. The van der Waals surface area contributed by atoms with Crippen molar-refractivity contribution in [3.8, 4) is 11.5 Å². The summed E-state index contributed by atoms with van der Waals surface area (Å²) < 4.78 is 11.3. The molecule has 1 aliphatic heterocycles. The van der Waals surface area contributed by atoms with E-state index < -0.39 is 0 Å². The van der Waals surface area contributed by atoms with Gasteiger partial charge in [-0.15, -0.1) is 0 Å². The highest BCUT2D eigenvalue weighted by atomic mass is 32.1. The van der Waals surface area contributed by atoms with Crippen LogP contribution >= 0.6 is 12.2 Å². The molecule has 136 valence electrons. The number of carbonyl (C=O) groups is 1. The molecule has 0 saturated carbocycles. The molecule has 2 aromatic carbocycles. The minimum atomic E-state index is -0.215. The fourth-order valence-corrected chi connectivity index (χ4v) is 3.01. The summed E-state index contributed by atoms with van der Waals surface area (Å²) >= 11 is 5.30. The van der Waals surface area contributed by atoms with Gasteiger partial charge in [0.25, 0.3) is 5.91 Å².